The maximum atomic E-state index is 5.90. The van der Waals surface area contributed by atoms with Gasteiger partial charge in [-0.05, 0) is 37.4 Å². The SMILES string of the molecule is CCC1CN(CC2COc3ccccc32)CCC1CN. The molecule has 20 heavy (non-hydrogen) atoms. The first-order chi connectivity index (χ1) is 9.81. The molecule has 3 nitrogen and oxygen atoms in total. The van der Waals surface area contributed by atoms with Gasteiger partial charge in [-0.25, -0.2) is 0 Å². The number of hydrogen-bond acceptors (Lipinski definition) is 3. The lowest BCUT2D eigenvalue weighted by Gasteiger charge is -2.38. The van der Waals surface area contributed by atoms with E-state index in [4.69, 9.17) is 10.5 Å². The second kappa shape index (κ2) is 6.15. The summed E-state index contributed by atoms with van der Waals surface area (Å²) < 4.78 is 5.80. The van der Waals surface area contributed by atoms with E-state index in [-0.39, 0.29) is 0 Å². The van der Waals surface area contributed by atoms with Crippen LogP contribution in [0.25, 0.3) is 0 Å². The van der Waals surface area contributed by atoms with Crippen LogP contribution >= 0.6 is 0 Å². The van der Waals surface area contributed by atoms with Crippen LogP contribution in [0.2, 0.25) is 0 Å². The Morgan fingerprint density at radius 3 is 2.95 bits per heavy atom. The molecule has 2 aliphatic heterocycles. The Hall–Kier alpha value is -1.06. The Balaban J connectivity index is 1.62. The van der Waals surface area contributed by atoms with E-state index in [2.05, 4.69) is 36.1 Å². The molecule has 2 heterocycles. The standard InChI is InChI=1S/C17H26N2O/c1-2-13-10-19(8-7-14(13)9-18)11-15-12-20-17-6-4-3-5-16(15)17/h3-6,13-15H,2,7-12,18H2,1H3. The summed E-state index contributed by atoms with van der Waals surface area (Å²) in [4.78, 5) is 2.62. The first-order valence-electron chi connectivity index (χ1n) is 7.96. The molecule has 0 bridgehead atoms. The Kier molecular flexibility index (Phi) is 4.27. The molecule has 3 unspecified atom stereocenters. The highest BCUT2D eigenvalue weighted by atomic mass is 16.5. The Morgan fingerprint density at radius 2 is 2.15 bits per heavy atom. The van der Waals surface area contributed by atoms with Crippen molar-refractivity contribution in [3.05, 3.63) is 29.8 Å². The van der Waals surface area contributed by atoms with Crippen molar-refractivity contribution in [2.24, 2.45) is 17.6 Å². The van der Waals surface area contributed by atoms with Crippen LogP contribution in [-0.2, 0) is 0 Å². The number of ether oxygens (including phenoxy) is 1. The Labute approximate surface area is 122 Å². The van der Waals surface area contributed by atoms with Crippen molar-refractivity contribution in [1.29, 1.82) is 0 Å². The van der Waals surface area contributed by atoms with Gasteiger partial charge in [-0.1, -0.05) is 31.5 Å². The van der Waals surface area contributed by atoms with Crippen molar-refractivity contribution in [1.82, 2.24) is 4.90 Å². The summed E-state index contributed by atoms with van der Waals surface area (Å²) in [7, 11) is 0. The molecule has 3 rings (SSSR count). The van der Waals surface area contributed by atoms with Crippen molar-refractivity contribution in [3.63, 3.8) is 0 Å². The average molecular weight is 274 g/mol. The van der Waals surface area contributed by atoms with Crippen LogP contribution in [0.3, 0.4) is 0 Å². The van der Waals surface area contributed by atoms with Crippen molar-refractivity contribution in [3.8, 4) is 5.75 Å². The number of nitrogens with two attached hydrogens (primary N) is 1. The molecule has 1 aromatic carbocycles. The lowest BCUT2D eigenvalue weighted by Crippen LogP contribution is -2.44. The summed E-state index contributed by atoms with van der Waals surface area (Å²) in [5, 5.41) is 0. The van der Waals surface area contributed by atoms with Gasteiger partial charge in [0, 0.05) is 24.6 Å². The predicted octanol–water partition coefficient (Wildman–Crippen LogP) is 2.47. The molecule has 0 saturated carbocycles. The van der Waals surface area contributed by atoms with Gasteiger partial charge in [-0.2, -0.15) is 0 Å². The minimum Gasteiger partial charge on any atom is -0.493 e. The fourth-order valence-electron chi connectivity index (χ4n) is 3.79. The second-order valence-corrected chi connectivity index (χ2v) is 6.26. The molecule has 3 atom stereocenters. The van der Waals surface area contributed by atoms with Gasteiger partial charge in [0.1, 0.15) is 5.75 Å². The zero-order valence-corrected chi connectivity index (χ0v) is 12.4. The van der Waals surface area contributed by atoms with Gasteiger partial charge in [-0.15, -0.1) is 0 Å². The van der Waals surface area contributed by atoms with Gasteiger partial charge in [0.15, 0.2) is 0 Å². The number of para-hydroxylation sites is 1. The van der Waals surface area contributed by atoms with E-state index in [1.807, 2.05) is 0 Å². The fraction of sp³-hybridized carbons (Fsp3) is 0.647. The first-order valence-corrected chi connectivity index (χ1v) is 7.96. The minimum atomic E-state index is 0.540. The van der Waals surface area contributed by atoms with E-state index in [9.17, 15) is 0 Å². The van der Waals surface area contributed by atoms with Gasteiger partial charge < -0.3 is 15.4 Å². The number of nitrogens with zero attached hydrogens (tertiary/aromatic N) is 1. The molecule has 1 saturated heterocycles. The molecule has 0 radical (unpaired) electrons. The number of hydrogen-bond donors (Lipinski definition) is 1. The van der Waals surface area contributed by atoms with E-state index >= 15 is 0 Å². The normalized spacial score (nSPS) is 30.0. The van der Waals surface area contributed by atoms with E-state index in [1.54, 1.807) is 0 Å². The average Bonchev–Trinajstić information content (AvgIpc) is 2.90. The lowest BCUT2D eigenvalue weighted by molar-refractivity contribution is 0.110. The number of rotatable bonds is 4. The van der Waals surface area contributed by atoms with E-state index in [0.717, 1.165) is 37.3 Å². The van der Waals surface area contributed by atoms with Crippen molar-refractivity contribution in [2.75, 3.05) is 32.8 Å². The van der Waals surface area contributed by atoms with Gasteiger partial charge in [0.2, 0.25) is 0 Å². The summed E-state index contributed by atoms with van der Waals surface area (Å²) in [5.74, 6) is 3.12. The maximum absolute atomic E-state index is 5.90. The Bertz CT molecular complexity index is 448. The topological polar surface area (TPSA) is 38.5 Å². The van der Waals surface area contributed by atoms with E-state index in [1.165, 1.54) is 31.5 Å². The van der Waals surface area contributed by atoms with Crippen molar-refractivity contribution in [2.45, 2.75) is 25.7 Å². The quantitative estimate of drug-likeness (QED) is 0.916. The van der Waals surface area contributed by atoms with Crippen LogP contribution in [0.15, 0.2) is 24.3 Å². The van der Waals surface area contributed by atoms with E-state index < -0.39 is 0 Å². The summed E-state index contributed by atoms with van der Waals surface area (Å²) in [6.07, 6.45) is 2.50. The summed E-state index contributed by atoms with van der Waals surface area (Å²) in [6, 6.07) is 8.48. The van der Waals surface area contributed by atoms with Crippen LogP contribution < -0.4 is 10.5 Å². The number of likely N-dealkylation sites (tertiary alicyclic amines) is 1. The van der Waals surface area contributed by atoms with Crippen molar-refractivity contribution < 1.29 is 4.74 Å². The minimum absolute atomic E-state index is 0.540. The third-order valence-corrected chi connectivity index (χ3v) is 5.08. The summed E-state index contributed by atoms with van der Waals surface area (Å²) >= 11 is 0. The highest BCUT2D eigenvalue weighted by Gasteiger charge is 2.31. The second-order valence-electron chi connectivity index (χ2n) is 6.26. The summed E-state index contributed by atoms with van der Waals surface area (Å²) in [5.41, 5.74) is 7.29. The maximum Gasteiger partial charge on any atom is 0.122 e. The molecule has 0 amide bonds. The highest BCUT2D eigenvalue weighted by molar-refractivity contribution is 5.39. The molecular weight excluding hydrogens is 248 g/mol. The van der Waals surface area contributed by atoms with Crippen LogP contribution in [0, 0.1) is 11.8 Å². The zero-order chi connectivity index (χ0) is 13.9. The number of benzene rings is 1. The number of fused-ring (bicyclic) bond motifs is 1. The smallest absolute Gasteiger partial charge is 0.122 e. The Morgan fingerprint density at radius 1 is 1.30 bits per heavy atom. The van der Waals surface area contributed by atoms with Crippen LogP contribution in [0.4, 0.5) is 0 Å². The first kappa shape index (κ1) is 13.9. The highest BCUT2D eigenvalue weighted by Crippen LogP contribution is 2.35. The largest absolute Gasteiger partial charge is 0.493 e. The third kappa shape index (κ3) is 2.70. The monoisotopic (exact) mass is 274 g/mol. The summed E-state index contributed by atoms with van der Waals surface area (Å²) in [6.45, 7) is 7.51. The van der Waals surface area contributed by atoms with E-state index in [0.29, 0.717) is 5.92 Å². The third-order valence-electron chi connectivity index (χ3n) is 5.08. The molecule has 3 heteroatoms. The van der Waals surface area contributed by atoms with Crippen LogP contribution in [0.1, 0.15) is 31.2 Å². The van der Waals surface area contributed by atoms with Crippen LogP contribution in [0.5, 0.6) is 5.75 Å². The zero-order valence-electron chi connectivity index (χ0n) is 12.4. The molecule has 1 aromatic rings. The lowest BCUT2D eigenvalue weighted by atomic mass is 9.83. The molecule has 0 aromatic heterocycles. The molecule has 0 spiro atoms. The van der Waals surface area contributed by atoms with Gasteiger partial charge >= 0.3 is 0 Å². The van der Waals surface area contributed by atoms with Gasteiger partial charge in [0.05, 0.1) is 6.61 Å². The fourth-order valence-corrected chi connectivity index (χ4v) is 3.79. The van der Waals surface area contributed by atoms with Crippen molar-refractivity contribution >= 4 is 0 Å². The van der Waals surface area contributed by atoms with Crippen LogP contribution in [-0.4, -0.2) is 37.7 Å². The predicted molar refractivity (Wildman–Crippen MR) is 82.1 cm³/mol. The van der Waals surface area contributed by atoms with Gasteiger partial charge in [0.25, 0.3) is 0 Å². The molecular formula is C17H26N2O. The van der Waals surface area contributed by atoms with Gasteiger partial charge in [-0.3, -0.25) is 0 Å². The molecule has 110 valence electrons. The molecule has 2 aliphatic rings. The number of piperidine rings is 1. The molecule has 0 aliphatic carbocycles. The molecule has 1 fully saturated rings. The molecule has 2 N–H and O–H groups in total.